The molecule has 0 aliphatic heterocycles. The smallest absolute Gasteiger partial charge is 0.326 e. The van der Waals surface area contributed by atoms with Gasteiger partial charge in [-0.2, -0.15) is 0 Å². The summed E-state index contributed by atoms with van der Waals surface area (Å²) >= 11 is 0. The summed E-state index contributed by atoms with van der Waals surface area (Å²) in [5.74, 6) is -1.39. The molecule has 0 spiro atoms. The van der Waals surface area contributed by atoms with E-state index in [0.29, 0.717) is 0 Å². The lowest BCUT2D eigenvalue weighted by Crippen LogP contribution is -2.43. The number of hydrogen-bond donors (Lipinski definition) is 2. The molecule has 0 fully saturated rings. The van der Waals surface area contributed by atoms with Crippen molar-refractivity contribution in [3.05, 3.63) is 0 Å². The minimum Gasteiger partial charge on any atom is -0.480 e. The molecule has 0 aromatic heterocycles. The molecule has 0 saturated carbocycles. The topological polar surface area (TPSA) is 66.4 Å². The average molecular weight is 157 g/mol. The molecule has 0 rings (SSSR count). The van der Waals surface area contributed by atoms with E-state index < -0.39 is 12.0 Å². The summed E-state index contributed by atoms with van der Waals surface area (Å²) < 4.78 is 0. The maximum Gasteiger partial charge on any atom is 0.326 e. The summed E-state index contributed by atoms with van der Waals surface area (Å²) in [7, 11) is 1.30. The van der Waals surface area contributed by atoms with Gasteiger partial charge in [0.2, 0.25) is 7.85 Å². The maximum absolute atomic E-state index is 10.5. The van der Waals surface area contributed by atoms with E-state index in [-0.39, 0.29) is 11.7 Å². The number of carboxylic acid groups (broad SMARTS) is 1. The van der Waals surface area contributed by atoms with Crippen LogP contribution in [0.1, 0.15) is 13.8 Å². The highest BCUT2D eigenvalue weighted by Crippen LogP contribution is 2.00. The number of carboxylic acids is 1. The van der Waals surface area contributed by atoms with Gasteiger partial charge in [-0.15, -0.1) is 0 Å². The summed E-state index contributed by atoms with van der Waals surface area (Å²) in [5, 5.41) is 10.9. The SMILES string of the molecule is BC(=O)N[C@H](C(=O)O)C(C)C. The summed E-state index contributed by atoms with van der Waals surface area (Å²) in [5.41, 5.74) is 0. The van der Waals surface area contributed by atoms with Crippen molar-refractivity contribution in [2.75, 3.05) is 0 Å². The Bertz CT molecular complexity index is 169. The first-order valence-electron chi connectivity index (χ1n) is 3.45. The Morgan fingerprint density at radius 2 is 1.91 bits per heavy atom. The second-order valence-electron chi connectivity index (χ2n) is 2.76. The number of aliphatic carboxylic acids is 1. The number of carbonyl (C=O) groups is 2. The Labute approximate surface area is 66.4 Å². The van der Waals surface area contributed by atoms with E-state index in [1.807, 2.05) is 0 Å². The number of rotatable bonds is 3. The molecule has 0 heterocycles. The van der Waals surface area contributed by atoms with E-state index >= 15 is 0 Å². The van der Waals surface area contributed by atoms with Crippen LogP contribution in [0.3, 0.4) is 0 Å². The van der Waals surface area contributed by atoms with Gasteiger partial charge in [0.15, 0.2) is 5.81 Å². The second-order valence-corrected chi connectivity index (χ2v) is 2.76. The molecule has 4 nitrogen and oxygen atoms in total. The molecule has 0 saturated heterocycles. The Balaban J connectivity index is 4.12. The molecular formula is C6H12BNO3. The number of carbonyl (C=O) groups excluding carboxylic acids is 1. The highest BCUT2D eigenvalue weighted by atomic mass is 16.4. The predicted octanol–water partition coefficient (Wildman–Crippen LogP) is -0.562. The van der Waals surface area contributed by atoms with Gasteiger partial charge in [0.25, 0.3) is 0 Å². The van der Waals surface area contributed by atoms with Gasteiger partial charge < -0.3 is 10.4 Å². The third-order valence-electron chi connectivity index (χ3n) is 1.29. The minimum atomic E-state index is -0.991. The van der Waals surface area contributed by atoms with Gasteiger partial charge in [-0.05, 0) is 5.92 Å². The zero-order valence-electron chi connectivity index (χ0n) is 6.92. The fourth-order valence-electron chi connectivity index (χ4n) is 0.733. The van der Waals surface area contributed by atoms with Crippen molar-refractivity contribution in [1.29, 1.82) is 0 Å². The molecule has 0 aromatic rings. The van der Waals surface area contributed by atoms with Crippen LogP contribution in [-0.2, 0) is 4.79 Å². The van der Waals surface area contributed by atoms with Gasteiger partial charge in [0.05, 0.1) is 0 Å². The Morgan fingerprint density at radius 1 is 1.45 bits per heavy atom. The van der Waals surface area contributed by atoms with Gasteiger partial charge in [0.1, 0.15) is 6.04 Å². The second kappa shape index (κ2) is 4.00. The Hall–Kier alpha value is -0.995. The number of amides is 1. The van der Waals surface area contributed by atoms with Gasteiger partial charge in [-0.1, -0.05) is 13.8 Å². The molecule has 0 bridgehead atoms. The van der Waals surface area contributed by atoms with Crippen LogP contribution in [-0.4, -0.2) is 30.8 Å². The molecule has 0 aromatic carbocycles. The van der Waals surface area contributed by atoms with Crippen molar-refractivity contribution in [3.63, 3.8) is 0 Å². The van der Waals surface area contributed by atoms with Gasteiger partial charge >= 0.3 is 5.97 Å². The summed E-state index contributed by atoms with van der Waals surface area (Å²) in [6, 6.07) is -0.771. The van der Waals surface area contributed by atoms with E-state index in [9.17, 15) is 9.59 Å². The predicted molar refractivity (Wildman–Crippen MR) is 43.3 cm³/mol. The van der Waals surface area contributed by atoms with Crippen molar-refractivity contribution < 1.29 is 14.7 Å². The molecule has 2 N–H and O–H groups in total. The normalized spacial score (nSPS) is 12.6. The highest BCUT2D eigenvalue weighted by Gasteiger charge is 2.21. The number of hydrogen-bond acceptors (Lipinski definition) is 2. The molecule has 0 radical (unpaired) electrons. The van der Waals surface area contributed by atoms with Crippen LogP contribution in [0.2, 0.25) is 0 Å². The van der Waals surface area contributed by atoms with Crippen molar-refractivity contribution >= 4 is 19.6 Å². The van der Waals surface area contributed by atoms with Crippen molar-refractivity contribution in [2.24, 2.45) is 5.92 Å². The minimum absolute atomic E-state index is 0.0867. The first-order chi connectivity index (χ1) is 4.95. The molecule has 11 heavy (non-hydrogen) atoms. The van der Waals surface area contributed by atoms with Crippen LogP contribution in [0.5, 0.6) is 0 Å². The molecule has 0 aliphatic rings. The van der Waals surface area contributed by atoms with Crippen molar-refractivity contribution in [3.8, 4) is 0 Å². The summed E-state index contributed by atoms with van der Waals surface area (Å²) in [6.45, 7) is 3.49. The number of nitrogens with one attached hydrogen (secondary N) is 1. The van der Waals surface area contributed by atoms with Crippen molar-refractivity contribution in [1.82, 2.24) is 5.32 Å². The van der Waals surface area contributed by atoms with Crippen LogP contribution in [0.25, 0.3) is 0 Å². The van der Waals surface area contributed by atoms with Crippen LogP contribution < -0.4 is 5.32 Å². The Morgan fingerprint density at radius 3 is 2.00 bits per heavy atom. The van der Waals surface area contributed by atoms with E-state index in [0.717, 1.165) is 0 Å². The van der Waals surface area contributed by atoms with Crippen LogP contribution in [0, 0.1) is 5.92 Å². The van der Waals surface area contributed by atoms with Crippen LogP contribution >= 0.6 is 0 Å². The van der Waals surface area contributed by atoms with Gasteiger partial charge in [-0.25, -0.2) is 4.79 Å². The lowest BCUT2D eigenvalue weighted by molar-refractivity contribution is -0.140. The third kappa shape index (κ3) is 3.65. The molecule has 0 aliphatic carbocycles. The molecule has 1 amide bonds. The maximum atomic E-state index is 10.5. The summed E-state index contributed by atoms with van der Waals surface area (Å²) in [6.07, 6.45) is 0. The van der Waals surface area contributed by atoms with Gasteiger partial charge in [-0.3, -0.25) is 4.79 Å². The van der Waals surface area contributed by atoms with Gasteiger partial charge in [0, 0.05) is 0 Å². The quantitative estimate of drug-likeness (QED) is 0.539. The fraction of sp³-hybridized carbons (Fsp3) is 0.667. The average Bonchev–Trinajstić information content (AvgIpc) is 1.81. The lowest BCUT2D eigenvalue weighted by Gasteiger charge is -2.16. The first kappa shape index (κ1) is 10.0. The van der Waals surface area contributed by atoms with E-state index in [2.05, 4.69) is 5.32 Å². The monoisotopic (exact) mass is 157 g/mol. The lowest BCUT2D eigenvalue weighted by atomic mass is 10.0. The molecule has 1 atom stereocenters. The van der Waals surface area contributed by atoms with Crippen molar-refractivity contribution in [2.45, 2.75) is 19.9 Å². The summed E-state index contributed by atoms with van der Waals surface area (Å²) in [4.78, 5) is 21.0. The fourth-order valence-corrected chi connectivity index (χ4v) is 0.733. The first-order valence-corrected chi connectivity index (χ1v) is 3.45. The van der Waals surface area contributed by atoms with E-state index in [4.69, 9.17) is 5.11 Å². The van der Waals surface area contributed by atoms with E-state index in [1.54, 1.807) is 13.8 Å². The third-order valence-corrected chi connectivity index (χ3v) is 1.29. The molecular weight excluding hydrogens is 145 g/mol. The zero-order chi connectivity index (χ0) is 9.02. The zero-order valence-corrected chi connectivity index (χ0v) is 6.92. The molecule has 0 unspecified atom stereocenters. The molecule has 62 valence electrons. The van der Waals surface area contributed by atoms with Crippen LogP contribution in [0.4, 0.5) is 4.79 Å². The van der Waals surface area contributed by atoms with Crippen LogP contribution in [0.15, 0.2) is 0 Å². The highest BCUT2D eigenvalue weighted by molar-refractivity contribution is 6.57. The molecule has 5 heteroatoms. The van der Waals surface area contributed by atoms with E-state index in [1.165, 1.54) is 7.85 Å². The standard InChI is InChI=1S/C6H12BNO3/c1-3(2)4(5(9)10)8-6(7)11/h3-4H,7H2,1-2H3,(H,8,11)(H,9,10)/t4-/m0/s1. The Kier molecular flexibility index (Phi) is 3.64. The largest absolute Gasteiger partial charge is 0.480 e.